The summed E-state index contributed by atoms with van der Waals surface area (Å²) in [6, 6.07) is 7.19. The van der Waals surface area contributed by atoms with Gasteiger partial charge in [-0.25, -0.2) is 0 Å². The lowest BCUT2D eigenvalue weighted by atomic mass is 10.1. The minimum absolute atomic E-state index is 0.264. The van der Waals surface area contributed by atoms with Crippen molar-refractivity contribution in [3.63, 3.8) is 0 Å². The van der Waals surface area contributed by atoms with Crippen molar-refractivity contribution in [3.05, 3.63) is 24.3 Å². The van der Waals surface area contributed by atoms with Crippen LogP contribution in [-0.4, -0.2) is 68.7 Å². The largest absolute Gasteiger partial charge is 0.486 e. The molecule has 1 aromatic carbocycles. The molecule has 3 N–H and O–H groups in total. The number of carbonyl (C=O) groups excluding carboxylic acids is 1. The van der Waals surface area contributed by atoms with Crippen molar-refractivity contribution in [2.24, 2.45) is 0 Å². The van der Waals surface area contributed by atoms with Gasteiger partial charge in [-0.1, -0.05) is 12.1 Å². The summed E-state index contributed by atoms with van der Waals surface area (Å²) in [6.07, 6.45) is -1.32. The van der Waals surface area contributed by atoms with Crippen molar-refractivity contribution >= 4 is 5.91 Å². The van der Waals surface area contributed by atoms with E-state index in [0.29, 0.717) is 37.9 Å². The molecule has 0 spiro atoms. The SMILES string of the molecule is C[C@@H](NC(=O)[C@H](O)C[NH+]1CCOCC1)[C@@H]1COc2ccccc2O1. The summed E-state index contributed by atoms with van der Waals surface area (Å²) in [4.78, 5) is 13.4. The average Bonchev–Trinajstić information content (AvgIpc) is 2.62. The Hall–Kier alpha value is -1.83. The summed E-state index contributed by atoms with van der Waals surface area (Å²) in [7, 11) is 0. The highest BCUT2D eigenvalue weighted by atomic mass is 16.6. The summed E-state index contributed by atoms with van der Waals surface area (Å²) in [5.74, 6) is 1.01. The molecule has 7 nitrogen and oxygen atoms in total. The second kappa shape index (κ2) is 7.83. The molecule has 2 heterocycles. The number of para-hydroxylation sites is 2. The maximum absolute atomic E-state index is 12.2. The first-order chi connectivity index (χ1) is 11.6. The van der Waals surface area contributed by atoms with Gasteiger partial charge in [0.1, 0.15) is 26.2 Å². The zero-order valence-electron chi connectivity index (χ0n) is 13.9. The second-order valence-electron chi connectivity index (χ2n) is 6.29. The predicted octanol–water partition coefficient (Wildman–Crippen LogP) is -1.39. The highest BCUT2D eigenvalue weighted by Gasteiger charge is 2.30. The number of nitrogens with one attached hydrogen (secondary N) is 2. The van der Waals surface area contributed by atoms with Crippen LogP contribution in [0.15, 0.2) is 24.3 Å². The minimum Gasteiger partial charge on any atom is -0.486 e. The minimum atomic E-state index is -1.03. The van der Waals surface area contributed by atoms with Gasteiger partial charge < -0.3 is 29.5 Å². The highest BCUT2D eigenvalue weighted by molar-refractivity contribution is 5.80. The summed E-state index contributed by atoms with van der Waals surface area (Å²) >= 11 is 0. The number of benzene rings is 1. The Morgan fingerprint density at radius 2 is 2.04 bits per heavy atom. The Kier molecular flexibility index (Phi) is 5.55. The first kappa shape index (κ1) is 17.0. The van der Waals surface area contributed by atoms with Gasteiger partial charge in [-0.05, 0) is 19.1 Å². The maximum Gasteiger partial charge on any atom is 0.255 e. The van der Waals surface area contributed by atoms with Crippen molar-refractivity contribution in [1.82, 2.24) is 5.32 Å². The van der Waals surface area contributed by atoms with E-state index in [4.69, 9.17) is 14.2 Å². The third-order valence-corrected chi connectivity index (χ3v) is 4.44. The normalized spacial score (nSPS) is 23.3. The van der Waals surface area contributed by atoms with E-state index in [2.05, 4.69) is 5.32 Å². The van der Waals surface area contributed by atoms with Gasteiger partial charge in [-0.3, -0.25) is 4.79 Å². The molecule has 0 radical (unpaired) electrons. The molecular formula is C17H25N2O5+. The van der Waals surface area contributed by atoms with Crippen molar-refractivity contribution in [1.29, 1.82) is 0 Å². The molecule has 0 unspecified atom stereocenters. The second-order valence-corrected chi connectivity index (χ2v) is 6.29. The van der Waals surface area contributed by atoms with Gasteiger partial charge in [0.25, 0.3) is 5.91 Å². The van der Waals surface area contributed by atoms with Crippen LogP contribution in [0.4, 0.5) is 0 Å². The van der Waals surface area contributed by atoms with E-state index in [-0.39, 0.29) is 18.1 Å². The van der Waals surface area contributed by atoms with Gasteiger partial charge in [0.05, 0.1) is 19.3 Å². The Balaban J connectivity index is 1.49. The zero-order valence-corrected chi connectivity index (χ0v) is 13.9. The van der Waals surface area contributed by atoms with Crippen LogP contribution in [0.1, 0.15) is 6.92 Å². The van der Waals surface area contributed by atoms with E-state index in [1.54, 1.807) is 0 Å². The molecule has 2 aliphatic rings. The van der Waals surface area contributed by atoms with Crippen LogP contribution in [0, 0.1) is 0 Å². The van der Waals surface area contributed by atoms with Crippen LogP contribution >= 0.6 is 0 Å². The van der Waals surface area contributed by atoms with Crippen LogP contribution < -0.4 is 19.7 Å². The molecule has 132 valence electrons. The van der Waals surface area contributed by atoms with Crippen molar-refractivity contribution in [3.8, 4) is 11.5 Å². The predicted molar refractivity (Wildman–Crippen MR) is 86.3 cm³/mol. The standard InChI is InChI=1S/C17H24N2O5/c1-12(16-11-23-14-4-2-3-5-15(14)24-16)18-17(21)13(20)10-19-6-8-22-9-7-19/h2-5,12-13,16,20H,6-11H2,1H3,(H,18,21)/p+1/t12-,13-,16+/m1/s1. The van der Waals surface area contributed by atoms with Crippen LogP contribution in [0.3, 0.4) is 0 Å². The molecule has 0 bridgehead atoms. The van der Waals surface area contributed by atoms with E-state index < -0.39 is 6.10 Å². The Morgan fingerprint density at radius 1 is 1.33 bits per heavy atom. The molecular weight excluding hydrogens is 312 g/mol. The van der Waals surface area contributed by atoms with Crippen LogP contribution in [0.5, 0.6) is 11.5 Å². The highest BCUT2D eigenvalue weighted by Crippen LogP contribution is 2.31. The lowest BCUT2D eigenvalue weighted by Gasteiger charge is -2.31. The third-order valence-electron chi connectivity index (χ3n) is 4.44. The summed E-state index contributed by atoms with van der Waals surface area (Å²) < 4.78 is 16.8. The number of ether oxygens (including phenoxy) is 3. The average molecular weight is 337 g/mol. The van der Waals surface area contributed by atoms with E-state index in [1.165, 1.54) is 4.90 Å². The Bertz CT molecular complexity index is 562. The molecule has 3 atom stereocenters. The fourth-order valence-electron chi connectivity index (χ4n) is 2.93. The maximum atomic E-state index is 12.2. The van der Waals surface area contributed by atoms with Crippen molar-refractivity contribution in [2.45, 2.75) is 25.2 Å². The lowest BCUT2D eigenvalue weighted by molar-refractivity contribution is -0.910. The number of aliphatic hydroxyl groups excluding tert-OH is 1. The molecule has 2 aliphatic heterocycles. The fraction of sp³-hybridized carbons (Fsp3) is 0.588. The zero-order chi connectivity index (χ0) is 16.9. The molecule has 1 saturated heterocycles. The first-order valence-corrected chi connectivity index (χ1v) is 8.41. The van der Waals surface area contributed by atoms with Gasteiger partial charge in [0, 0.05) is 0 Å². The van der Waals surface area contributed by atoms with Gasteiger partial charge in [0.15, 0.2) is 23.7 Å². The molecule has 1 fully saturated rings. The monoisotopic (exact) mass is 337 g/mol. The summed E-state index contributed by atoms with van der Waals surface area (Å²) in [6.45, 7) is 5.59. The van der Waals surface area contributed by atoms with Gasteiger partial charge in [0.2, 0.25) is 0 Å². The molecule has 7 heteroatoms. The molecule has 1 amide bonds. The smallest absolute Gasteiger partial charge is 0.255 e. The van der Waals surface area contributed by atoms with E-state index in [0.717, 1.165) is 13.1 Å². The number of fused-ring (bicyclic) bond motifs is 1. The van der Waals surface area contributed by atoms with Gasteiger partial charge in [-0.15, -0.1) is 0 Å². The molecule has 0 aliphatic carbocycles. The number of hydrogen-bond donors (Lipinski definition) is 3. The van der Waals surface area contributed by atoms with Crippen molar-refractivity contribution < 1.29 is 29.0 Å². The molecule has 1 aromatic rings. The molecule has 0 saturated carbocycles. The molecule has 3 rings (SSSR count). The van der Waals surface area contributed by atoms with E-state index in [1.807, 2.05) is 31.2 Å². The van der Waals surface area contributed by atoms with E-state index in [9.17, 15) is 9.90 Å². The van der Waals surface area contributed by atoms with E-state index >= 15 is 0 Å². The topological polar surface area (TPSA) is 81.5 Å². The number of aliphatic hydroxyl groups is 1. The number of morpholine rings is 1. The molecule has 0 aromatic heterocycles. The Labute approximate surface area is 141 Å². The third kappa shape index (κ3) is 4.17. The first-order valence-electron chi connectivity index (χ1n) is 8.41. The van der Waals surface area contributed by atoms with Crippen molar-refractivity contribution in [2.75, 3.05) is 39.5 Å². The Morgan fingerprint density at radius 3 is 2.79 bits per heavy atom. The summed E-state index contributed by atoms with van der Waals surface area (Å²) in [5, 5.41) is 13.0. The number of rotatable bonds is 5. The number of hydrogen-bond acceptors (Lipinski definition) is 5. The lowest BCUT2D eigenvalue weighted by Crippen LogP contribution is -3.15. The van der Waals surface area contributed by atoms with Crippen LogP contribution in [0.2, 0.25) is 0 Å². The number of quaternary nitrogens is 1. The number of carbonyl (C=O) groups is 1. The summed E-state index contributed by atoms with van der Waals surface area (Å²) in [5.41, 5.74) is 0. The molecule has 24 heavy (non-hydrogen) atoms. The quantitative estimate of drug-likeness (QED) is 0.616. The van der Waals surface area contributed by atoms with Gasteiger partial charge in [-0.2, -0.15) is 0 Å². The van der Waals surface area contributed by atoms with Gasteiger partial charge >= 0.3 is 0 Å². The fourth-order valence-corrected chi connectivity index (χ4v) is 2.93. The van der Waals surface area contributed by atoms with Crippen LogP contribution in [-0.2, 0) is 9.53 Å². The number of amides is 1. The van der Waals surface area contributed by atoms with Crippen LogP contribution in [0.25, 0.3) is 0 Å².